The number of hydrogen-bond donors (Lipinski definition) is 5. The standard InChI is InChI=1S/C41H54Cl2N6O9/c1-4-11-31(36(51)39(54)45-20-33(50)47-34(37(44)52)26-12-7-5-8-13-26)46-38(53)32-19-28(57-23-25-16-17-29(42)30(43)18-25)21-49(32)40(55)35(27-14-9-6-10-15-27)48-41(56)58-22-24(2)3/h5,7-8,12-13,16-18,24,27-28,31-32,34-35H,4,6,9-11,14-15,19-23H2,1-3H3,(H2,44,52)(H,45,54)(H,46,53)(H,47,50)(H,48,56)/t28-,31?,32+,34?,35?/m1/s1. The molecule has 1 saturated carbocycles. The minimum atomic E-state index is -1.30. The summed E-state index contributed by atoms with van der Waals surface area (Å²) in [5, 5.41) is 10.9. The Morgan fingerprint density at radius 1 is 0.914 bits per heavy atom. The van der Waals surface area contributed by atoms with Gasteiger partial charge in [-0.3, -0.25) is 28.8 Å². The number of carbonyl (C=O) groups excluding carboxylic acids is 7. The number of nitrogens with zero attached hydrogens (tertiary/aromatic N) is 1. The number of nitrogens with one attached hydrogen (secondary N) is 4. The summed E-state index contributed by atoms with van der Waals surface area (Å²) in [6.07, 6.45) is 3.30. The van der Waals surface area contributed by atoms with Gasteiger partial charge in [-0.05, 0) is 54.4 Å². The van der Waals surface area contributed by atoms with E-state index in [0.717, 1.165) is 19.3 Å². The second-order valence-electron chi connectivity index (χ2n) is 15.1. The molecule has 316 valence electrons. The molecule has 17 heteroatoms. The van der Waals surface area contributed by atoms with Crippen molar-refractivity contribution in [2.45, 2.75) is 109 Å². The first-order valence-electron chi connectivity index (χ1n) is 19.7. The van der Waals surface area contributed by atoms with Crippen molar-refractivity contribution < 1.29 is 43.0 Å². The summed E-state index contributed by atoms with van der Waals surface area (Å²) in [7, 11) is 0. The Bertz CT molecular complexity index is 1780. The third-order valence-corrected chi connectivity index (χ3v) is 10.8. The van der Waals surface area contributed by atoms with Crippen LogP contribution < -0.4 is 27.0 Å². The molecule has 2 fully saturated rings. The van der Waals surface area contributed by atoms with Crippen LogP contribution in [-0.4, -0.2) is 90.2 Å². The molecule has 0 spiro atoms. The average Bonchev–Trinajstić information content (AvgIpc) is 3.65. The summed E-state index contributed by atoms with van der Waals surface area (Å²) < 4.78 is 11.6. The van der Waals surface area contributed by atoms with Gasteiger partial charge in [0.1, 0.15) is 18.1 Å². The summed E-state index contributed by atoms with van der Waals surface area (Å²) in [6.45, 7) is 5.17. The SMILES string of the molecule is CCCC(NC(=O)[C@@H]1C[C@@H](OCc2ccc(Cl)c(Cl)c2)CN1C(=O)C(NC(=O)OCC(C)C)C1CCCCC1)C(=O)C(=O)NCC(=O)NC(C(N)=O)c1ccccc1. The summed E-state index contributed by atoms with van der Waals surface area (Å²) in [4.78, 5) is 94.3. The van der Waals surface area contributed by atoms with Crippen LogP contribution in [0.5, 0.6) is 0 Å². The van der Waals surface area contributed by atoms with E-state index in [1.165, 1.54) is 4.90 Å². The number of halogens is 2. The molecule has 5 atom stereocenters. The van der Waals surface area contributed by atoms with Gasteiger partial charge in [0, 0.05) is 13.0 Å². The number of benzene rings is 2. The van der Waals surface area contributed by atoms with Crippen LogP contribution in [0.25, 0.3) is 0 Å². The zero-order valence-electron chi connectivity index (χ0n) is 33.1. The van der Waals surface area contributed by atoms with E-state index in [1.807, 2.05) is 13.8 Å². The van der Waals surface area contributed by atoms with Gasteiger partial charge in [0.2, 0.25) is 29.4 Å². The lowest BCUT2D eigenvalue weighted by Gasteiger charge is -2.34. The Balaban J connectivity index is 1.50. The molecule has 0 radical (unpaired) electrons. The van der Waals surface area contributed by atoms with Crippen molar-refractivity contribution in [2.24, 2.45) is 17.6 Å². The smallest absolute Gasteiger partial charge is 0.407 e. The number of hydrogen-bond acceptors (Lipinski definition) is 9. The third-order valence-electron chi connectivity index (χ3n) is 10.1. The second-order valence-corrected chi connectivity index (χ2v) is 16.0. The molecule has 3 unspecified atom stereocenters. The van der Waals surface area contributed by atoms with Crippen LogP contribution in [0, 0.1) is 11.8 Å². The minimum absolute atomic E-state index is 0.00144. The number of rotatable bonds is 19. The fourth-order valence-corrected chi connectivity index (χ4v) is 7.42. The molecule has 15 nitrogen and oxygen atoms in total. The van der Waals surface area contributed by atoms with E-state index in [1.54, 1.807) is 55.5 Å². The number of Topliss-reactive ketones (excluding diaryl/α,β-unsaturated/α-hetero) is 1. The molecule has 1 heterocycles. The molecular formula is C41H54Cl2N6O9. The van der Waals surface area contributed by atoms with Gasteiger partial charge in [0.15, 0.2) is 0 Å². The first kappa shape index (κ1) is 46.0. The van der Waals surface area contributed by atoms with Gasteiger partial charge in [0.25, 0.3) is 5.91 Å². The maximum absolute atomic E-state index is 14.5. The number of ether oxygens (including phenoxy) is 2. The van der Waals surface area contributed by atoms with E-state index >= 15 is 0 Å². The van der Waals surface area contributed by atoms with Gasteiger partial charge < -0.3 is 41.4 Å². The summed E-state index contributed by atoms with van der Waals surface area (Å²) in [5.41, 5.74) is 6.63. The molecule has 2 aromatic carbocycles. The lowest BCUT2D eigenvalue weighted by molar-refractivity contribution is -0.143. The molecule has 58 heavy (non-hydrogen) atoms. The Morgan fingerprint density at radius 3 is 2.26 bits per heavy atom. The van der Waals surface area contributed by atoms with Crippen molar-refractivity contribution in [2.75, 3.05) is 19.7 Å². The number of ketones is 1. The van der Waals surface area contributed by atoms with Crippen LogP contribution in [-0.2, 0) is 44.8 Å². The van der Waals surface area contributed by atoms with Crippen molar-refractivity contribution in [3.8, 4) is 0 Å². The van der Waals surface area contributed by atoms with Gasteiger partial charge in [-0.2, -0.15) is 0 Å². The van der Waals surface area contributed by atoms with Crippen LogP contribution in [0.2, 0.25) is 10.0 Å². The van der Waals surface area contributed by atoms with Crippen LogP contribution >= 0.6 is 23.2 Å². The number of alkyl carbamates (subject to hydrolysis) is 1. The molecule has 2 aliphatic rings. The lowest BCUT2D eigenvalue weighted by atomic mass is 9.83. The minimum Gasteiger partial charge on any atom is -0.449 e. The maximum atomic E-state index is 14.5. The van der Waals surface area contributed by atoms with Crippen LogP contribution in [0.3, 0.4) is 0 Å². The fraction of sp³-hybridized carbons (Fsp3) is 0.537. The fourth-order valence-electron chi connectivity index (χ4n) is 7.10. The zero-order chi connectivity index (χ0) is 42.4. The summed E-state index contributed by atoms with van der Waals surface area (Å²) in [5.74, 6) is -5.03. The molecule has 1 aliphatic carbocycles. The molecule has 6 N–H and O–H groups in total. The zero-order valence-corrected chi connectivity index (χ0v) is 34.6. The second kappa shape index (κ2) is 22.4. The summed E-state index contributed by atoms with van der Waals surface area (Å²) >= 11 is 12.3. The highest BCUT2D eigenvalue weighted by Gasteiger charge is 2.45. The van der Waals surface area contributed by atoms with E-state index in [2.05, 4.69) is 21.3 Å². The van der Waals surface area contributed by atoms with E-state index in [4.69, 9.17) is 38.4 Å². The molecule has 2 aromatic rings. The van der Waals surface area contributed by atoms with E-state index in [0.29, 0.717) is 40.4 Å². The van der Waals surface area contributed by atoms with Gasteiger partial charge in [-0.15, -0.1) is 0 Å². The summed E-state index contributed by atoms with van der Waals surface area (Å²) in [6, 6.07) is 8.75. The van der Waals surface area contributed by atoms with E-state index in [9.17, 15) is 33.6 Å². The number of nitrogens with two attached hydrogens (primary N) is 1. The first-order valence-corrected chi connectivity index (χ1v) is 20.5. The number of amides is 6. The third kappa shape index (κ3) is 13.4. The van der Waals surface area contributed by atoms with Crippen molar-refractivity contribution in [1.82, 2.24) is 26.2 Å². The number of likely N-dealkylation sites (tertiary alicyclic amines) is 1. The topological polar surface area (TPSA) is 215 Å². The number of carbonyl (C=O) groups is 7. The molecule has 0 aromatic heterocycles. The van der Waals surface area contributed by atoms with Gasteiger partial charge in [-0.25, -0.2) is 4.79 Å². The predicted molar refractivity (Wildman–Crippen MR) is 216 cm³/mol. The van der Waals surface area contributed by atoms with Gasteiger partial charge >= 0.3 is 6.09 Å². The average molecular weight is 846 g/mol. The largest absolute Gasteiger partial charge is 0.449 e. The van der Waals surface area contributed by atoms with Crippen molar-refractivity contribution in [3.63, 3.8) is 0 Å². The molecule has 4 rings (SSSR count). The molecule has 6 amide bonds. The highest BCUT2D eigenvalue weighted by atomic mass is 35.5. The van der Waals surface area contributed by atoms with Crippen LogP contribution in [0.1, 0.15) is 89.3 Å². The Hall–Kier alpha value is -4.73. The molecular weight excluding hydrogens is 791 g/mol. The van der Waals surface area contributed by atoms with E-state index in [-0.39, 0.29) is 44.4 Å². The van der Waals surface area contributed by atoms with E-state index < -0.39 is 78.2 Å². The Morgan fingerprint density at radius 2 is 1.62 bits per heavy atom. The molecule has 1 aliphatic heterocycles. The molecule has 0 bridgehead atoms. The molecule has 1 saturated heterocycles. The van der Waals surface area contributed by atoms with Crippen LogP contribution in [0.15, 0.2) is 48.5 Å². The maximum Gasteiger partial charge on any atom is 0.407 e. The monoisotopic (exact) mass is 844 g/mol. The van der Waals surface area contributed by atoms with Gasteiger partial charge in [0.05, 0.1) is 41.9 Å². The van der Waals surface area contributed by atoms with Gasteiger partial charge in [-0.1, -0.05) is 106 Å². The van der Waals surface area contributed by atoms with Crippen molar-refractivity contribution >= 4 is 64.6 Å². The Kier molecular flexibility index (Phi) is 17.8. The van der Waals surface area contributed by atoms with Crippen molar-refractivity contribution in [3.05, 3.63) is 69.7 Å². The highest BCUT2D eigenvalue weighted by molar-refractivity contribution is 6.42. The van der Waals surface area contributed by atoms with Crippen molar-refractivity contribution in [1.29, 1.82) is 0 Å². The predicted octanol–water partition coefficient (Wildman–Crippen LogP) is 4.12. The number of primary amides is 1. The first-order chi connectivity index (χ1) is 27.7. The lowest BCUT2D eigenvalue weighted by Crippen LogP contribution is -2.58. The normalized spacial score (nSPS) is 18.4. The van der Waals surface area contributed by atoms with Crippen LogP contribution in [0.4, 0.5) is 4.79 Å². The Labute approximate surface area is 348 Å². The quantitative estimate of drug-likeness (QED) is 0.128. The highest BCUT2D eigenvalue weighted by Crippen LogP contribution is 2.31.